The molecule has 2 atom stereocenters. The van der Waals surface area contributed by atoms with Crippen LogP contribution in [-0.2, 0) is 11.3 Å². The van der Waals surface area contributed by atoms with E-state index in [-0.39, 0.29) is 24.8 Å². The van der Waals surface area contributed by atoms with Crippen LogP contribution in [0, 0.1) is 0 Å². The molecule has 0 spiro atoms. The van der Waals surface area contributed by atoms with Crippen LogP contribution in [0.25, 0.3) is 0 Å². The van der Waals surface area contributed by atoms with Crippen molar-refractivity contribution in [1.82, 2.24) is 5.32 Å². The van der Waals surface area contributed by atoms with Gasteiger partial charge in [0.05, 0.1) is 13.1 Å². The number of carbonyl (C=O) groups is 1. The second kappa shape index (κ2) is 9.01. The van der Waals surface area contributed by atoms with Crippen molar-refractivity contribution >= 4 is 5.91 Å². The normalized spacial score (nSPS) is 14.4. The highest BCUT2D eigenvalue weighted by Crippen LogP contribution is 2.32. The lowest BCUT2D eigenvalue weighted by molar-refractivity contribution is -0.908. The molecule has 0 radical (unpaired) electrons. The Hall–Kier alpha value is -3.31. The number of hydrogen-bond acceptors (Lipinski definition) is 3. The highest BCUT2D eigenvalue weighted by Gasteiger charge is 2.26. The number of rotatable bonds is 7. The van der Waals surface area contributed by atoms with Crippen LogP contribution >= 0.6 is 0 Å². The second-order valence-corrected chi connectivity index (χ2v) is 7.70. The molecule has 1 heterocycles. The Kier molecular flexibility index (Phi) is 6.00. The van der Waals surface area contributed by atoms with Crippen molar-refractivity contribution < 1.29 is 19.2 Å². The number of hydrogen-bond donors (Lipinski definition) is 2. The lowest BCUT2D eigenvalue weighted by Crippen LogP contribution is -3.12. The van der Waals surface area contributed by atoms with Crippen molar-refractivity contribution in [3.8, 4) is 11.5 Å². The lowest BCUT2D eigenvalue weighted by Gasteiger charge is -2.25. The number of ether oxygens (including phenoxy) is 2. The summed E-state index contributed by atoms with van der Waals surface area (Å²) in [5, 5.41) is 3.25. The summed E-state index contributed by atoms with van der Waals surface area (Å²) >= 11 is 0. The summed E-state index contributed by atoms with van der Waals surface area (Å²) in [6.07, 6.45) is 0. The number of amides is 1. The third kappa shape index (κ3) is 4.47. The molecule has 4 rings (SSSR count). The van der Waals surface area contributed by atoms with E-state index in [1.54, 1.807) is 0 Å². The maximum Gasteiger partial charge on any atom is 0.278 e. The summed E-state index contributed by atoms with van der Waals surface area (Å²) in [4.78, 5) is 14.2. The van der Waals surface area contributed by atoms with Gasteiger partial charge in [0.25, 0.3) is 5.91 Å². The van der Waals surface area contributed by atoms with Gasteiger partial charge >= 0.3 is 0 Å². The van der Waals surface area contributed by atoms with E-state index in [1.165, 1.54) is 0 Å². The zero-order valence-corrected chi connectivity index (χ0v) is 17.3. The van der Waals surface area contributed by atoms with Crippen LogP contribution in [0.3, 0.4) is 0 Å². The van der Waals surface area contributed by atoms with Gasteiger partial charge in [-0.3, -0.25) is 4.79 Å². The Morgan fingerprint density at radius 3 is 2.17 bits per heavy atom. The molecule has 1 aliphatic heterocycles. The fourth-order valence-electron chi connectivity index (χ4n) is 3.67. The van der Waals surface area contributed by atoms with E-state index in [2.05, 4.69) is 5.32 Å². The topological polar surface area (TPSA) is 52.0 Å². The highest BCUT2D eigenvalue weighted by molar-refractivity contribution is 5.80. The average Bonchev–Trinajstić information content (AvgIpc) is 3.26. The fraction of sp³-hybridized carbons (Fsp3) is 0.240. The number of benzene rings is 3. The van der Waals surface area contributed by atoms with Crippen molar-refractivity contribution in [2.24, 2.45) is 0 Å². The maximum absolute atomic E-state index is 13.1. The van der Waals surface area contributed by atoms with E-state index in [0.717, 1.165) is 33.1 Å². The predicted octanol–water partition coefficient (Wildman–Crippen LogP) is 2.72. The molecule has 0 fully saturated rings. The highest BCUT2D eigenvalue weighted by atomic mass is 16.7. The standard InChI is InChI=1S/C25H26N2O3/c1-18(27(2)16-19-13-14-22-23(15-19)30-17-29-22)25(28)26-24(20-9-5-3-6-10-20)21-11-7-4-8-12-21/h3-15,18,24H,16-17H2,1-2H3,(H,26,28)/p+1/t18-/m0/s1. The molecule has 1 aliphatic rings. The molecule has 0 saturated carbocycles. The van der Waals surface area contributed by atoms with Crippen molar-refractivity contribution in [1.29, 1.82) is 0 Å². The van der Waals surface area contributed by atoms with Gasteiger partial charge in [-0.15, -0.1) is 0 Å². The predicted molar refractivity (Wildman–Crippen MR) is 115 cm³/mol. The molecule has 1 amide bonds. The van der Waals surface area contributed by atoms with E-state index in [4.69, 9.17) is 9.47 Å². The van der Waals surface area contributed by atoms with Crippen LogP contribution in [-0.4, -0.2) is 25.8 Å². The maximum atomic E-state index is 13.1. The summed E-state index contributed by atoms with van der Waals surface area (Å²) in [6, 6.07) is 25.7. The quantitative estimate of drug-likeness (QED) is 0.638. The van der Waals surface area contributed by atoms with Crippen LogP contribution < -0.4 is 19.7 Å². The van der Waals surface area contributed by atoms with Crippen molar-refractivity contribution in [3.05, 3.63) is 95.6 Å². The molecule has 3 aromatic carbocycles. The molecule has 0 aromatic heterocycles. The molecule has 0 saturated heterocycles. The minimum Gasteiger partial charge on any atom is -0.454 e. The van der Waals surface area contributed by atoms with E-state index < -0.39 is 0 Å². The van der Waals surface area contributed by atoms with Gasteiger partial charge < -0.3 is 19.7 Å². The van der Waals surface area contributed by atoms with E-state index in [9.17, 15) is 4.79 Å². The molecule has 30 heavy (non-hydrogen) atoms. The SMILES string of the molecule is C[C@@H](C(=O)NC(c1ccccc1)c1ccccc1)[NH+](C)Cc1ccc2c(c1)OCO2. The Bertz CT molecular complexity index is 952. The molecule has 1 unspecified atom stereocenters. The summed E-state index contributed by atoms with van der Waals surface area (Å²) in [6.45, 7) is 2.94. The zero-order chi connectivity index (χ0) is 20.9. The number of carbonyl (C=O) groups excluding carboxylic acids is 1. The number of fused-ring (bicyclic) bond motifs is 1. The van der Waals surface area contributed by atoms with Gasteiger partial charge in [-0.2, -0.15) is 0 Å². The molecule has 2 N–H and O–H groups in total. The largest absolute Gasteiger partial charge is 0.454 e. The first-order chi connectivity index (χ1) is 14.6. The molecule has 154 valence electrons. The van der Waals surface area contributed by atoms with E-state index >= 15 is 0 Å². The number of likely N-dealkylation sites (N-methyl/N-ethyl adjacent to an activating group) is 1. The van der Waals surface area contributed by atoms with E-state index in [0.29, 0.717) is 6.54 Å². The van der Waals surface area contributed by atoms with Crippen molar-refractivity contribution in [2.45, 2.75) is 25.6 Å². The van der Waals surface area contributed by atoms with Crippen LogP contribution in [0.4, 0.5) is 0 Å². The summed E-state index contributed by atoms with van der Waals surface area (Å²) in [5.41, 5.74) is 3.24. The molecule has 3 aromatic rings. The molecule has 5 heteroatoms. The first kappa shape index (κ1) is 20.0. The summed E-state index contributed by atoms with van der Waals surface area (Å²) in [7, 11) is 2.04. The molecular weight excluding hydrogens is 376 g/mol. The van der Waals surface area contributed by atoms with Gasteiger partial charge in [-0.1, -0.05) is 60.7 Å². The van der Waals surface area contributed by atoms with Gasteiger partial charge in [0.15, 0.2) is 17.5 Å². The summed E-state index contributed by atoms with van der Waals surface area (Å²) < 4.78 is 10.8. The van der Waals surface area contributed by atoms with Crippen molar-refractivity contribution in [2.75, 3.05) is 13.8 Å². The third-order valence-electron chi connectivity index (χ3n) is 5.60. The fourth-order valence-corrected chi connectivity index (χ4v) is 3.67. The Labute approximate surface area is 177 Å². The smallest absolute Gasteiger partial charge is 0.278 e. The first-order valence-corrected chi connectivity index (χ1v) is 10.2. The average molecular weight is 404 g/mol. The number of nitrogens with one attached hydrogen (secondary N) is 2. The molecular formula is C25H27N2O3+. The zero-order valence-electron chi connectivity index (χ0n) is 17.3. The summed E-state index contributed by atoms with van der Waals surface area (Å²) in [5.74, 6) is 1.56. The van der Waals surface area contributed by atoms with Gasteiger partial charge in [0.2, 0.25) is 6.79 Å². The van der Waals surface area contributed by atoms with Gasteiger partial charge in [-0.05, 0) is 36.2 Å². The Morgan fingerprint density at radius 2 is 1.53 bits per heavy atom. The molecule has 0 bridgehead atoms. The Morgan fingerprint density at radius 1 is 0.933 bits per heavy atom. The van der Waals surface area contributed by atoms with E-state index in [1.807, 2.05) is 92.8 Å². The minimum absolute atomic E-state index is 0.0194. The van der Waals surface area contributed by atoms with Crippen LogP contribution in [0.5, 0.6) is 11.5 Å². The Balaban J connectivity index is 1.46. The van der Waals surface area contributed by atoms with Crippen LogP contribution in [0.15, 0.2) is 78.9 Å². The lowest BCUT2D eigenvalue weighted by atomic mass is 9.98. The second-order valence-electron chi connectivity index (χ2n) is 7.70. The molecule has 5 nitrogen and oxygen atoms in total. The van der Waals surface area contributed by atoms with Crippen molar-refractivity contribution in [3.63, 3.8) is 0 Å². The molecule has 0 aliphatic carbocycles. The monoisotopic (exact) mass is 403 g/mol. The van der Waals surface area contributed by atoms with Crippen LogP contribution in [0.2, 0.25) is 0 Å². The van der Waals surface area contributed by atoms with Gasteiger partial charge in [-0.25, -0.2) is 0 Å². The minimum atomic E-state index is -0.217. The first-order valence-electron chi connectivity index (χ1n) is 10.2. The third-order valence-corrected chi connectivity index (χ3v) is 5.60. The van der Waals surface area contributed by atoms with Crippen LogP contribution in [0.1, 0.15) is 29.7 Å². The number of quaternary nitrogens is 1. The van der Waals surface area contributed by atoms with Gasteiger partial charge in [0, 0.05) is 5.56 Å². The van der Waals surface area contributed by atoms with Gasteiger partial charge in [0.1, 0.15) is 6.54 Å².